The van der Waals surface area contributed by atoms with Crippen LogP contribution in [0.15, 0.2) is 23.0 Å². The summed E-state index contributed by atoms with van der Waals surface area (Å²) in [4.78, 5) is 25.4. The molecule has 0 radical (unpaired) electrons. The minimum atomic E-state index is -0.345. The summed E-state index contributed by atoms with van der Waals surface area (Å²) in [6, 6.07) is 5.52. The highest BCUT2D eigenvalue weighted by atomic mass is 16.1. The number of aromatic amines is 2. The quantitative estimate of drug-likeness (QED) is 0.479. The maximum Gasteiger partial charge on any atom is 0.278 e. The highest BCUT2D eigenvalue weighted by Gasteiger charge is 2.12. The van der Waals surface area contributed by atoms with Gasteiger partial charge in [-0.2, -0.15) is 4.98 Å². The summed E-state index contributed by atoms with van der Waals surface area (Å²) in [5, 5.41) is 0. The first-order valence-electron chi connectivity index (χ1n) is 5.67. The van der Waals surface area contributed by atoms with Crippen molar-refractivity contribution in [2.75, 3.05) is 11.5 Å². The van der Waals surface area contributed by atoms with Crippen molar-refractivity contribution < 1.29 is 0 Å². The van der Waals surface area contributed by atoms with Gasteiger partial charge in [0.25, 0.3) is 5.56 Å². The molecule has 2 heterocycles. The lowest BCUT2D eigenvalue weighted by molar-refractivity contribution is 1.17. The minimum Gasteiger partial charge on any atom is -0.398 e. The van der Waals surface area contributed by atoms with Crippen molar-refractivity contribution in [2.24, 2.45) is 0 Å². The first-order valence-corrected chi connectivity index (χ1v) is 5.67. The second-order valence-electron chi connectivity index (χ2n) is 4.25. The lowest BCUT2D eigenvalue weighted by Crippen LogP contribution is -2.10. The van der Waals surface area contributed by atoms with Crippen molar-refractivity contribution in [2.45, 2.75) is 6.92 Å². The molecule has 7 nitrogen and oxygen atoms in total. The molecule has 7 heteroatoms. The molecule has 1 aromatic carbocycles. The minimum absolute atomic E-state index is 0.0415. The third-order valence-corrected chi connectivity index (χ3v) is 3.01. The summed E-state index contributed by atoms with van der Waals surface area (Å²) < 4.78 is 0. The molecule has 0 unspecified atom stereocenters. The largest absolute Gasteiger partial charge is 0.398 e. The zero-order valence-electron chi connectivity index (χ0n) is 10.2. The fraction of sp³-hybridized carbons (Fsp3) is 0.0833. The van der Waals surface area contributed by atoms with Crippen LogP contribution in [0.5, 0.6) is 0 Å². The molecule has 2 aromatic heterocycles. The van der Waals surface area contributed by atoms with E-state index >= 15 is 0 Å². The molecular weight excluding hydrogens is 244 g/mol. The third-order valence-electron chi connectivity index (χ3n) is 3.01. The van der Waals surface area contributed by atoms with Gasteiger partial charge in [0.1, 0.15) is 5.82 Å². The number of nitrogen functional groups attached to an aromatic ring is 2. The number of aromatic nitrogens is 4. The summed E-state index contributed by atoms with van der Waals surface area (Å²) in [5.74, 6) is 0.586. The van der Waals surface area contributed by atoms with Crippen LogP contribution in [0.4, 0.5) is 11.6 Å². The topological polar surface area (TPSA) is 126 Å². The van der Waals surface area contributed by atoms with Gasteiger partial charge in [0.15, 0.2) is 11.2 Å². The standard InChI is InChI=1S/C12H12N6O/c1-5-6(3-2-4-7(5)13)9-15-8-10(16-9)17-12(14)18-11(8)19/h2-4H,13H2,1H3,(H4,14,15,16,17,18,19). The van der Waals surface area contributed by atoms with Crippen LogP contribution < -0.4 is 17.0 Å². The van der Waals surface area contributed by atoms with Crippen LogP contribution in [0.1, 0.15) is 5.56 Å². The molecule has 0 aliphatic heterocycles. The predicted octanol–water partition coefficient (Wildman–Crippen LogP) is 0.786. The molecule has 0 spiro atoms. The van der Waals surface area contributed by atoms with E-state index in [0.29, 0.717) is 17.0 Å². The highest BCUT2D eigenvalue weighted by molar-refractivity contribution is 5.78. The molecule has 0 saturated carbocycles. The SMILES string of the molecule is Cc1c(N)cccc1-c1nc2nc(N)[nH]c(=O)c2[nH]1. The number of hydrogen-bond acceptors (Lipinski definition) is 5. The Morgan fingerprint density at radius 1 is 1.16 bits per heavy atom. The molecular formula is C12H12N6O. The summed E-state index contributed by atoms with van der Waals surface area (Å²) in [6.45, 7) is 1.89. The van der Waals surface area contributed by atoms with Gasteiger partial charge in [-0.1, -0.05) is 12.1 Å². The van der Waals surface area contributed by atoms with Crippen LogP contribution in [0.2, 0.25) is 0 Å². The summed E-state index contributed by atoms with van der Waals surface area (Å²) >= 11 is 0. The Hall–Kier alpha value is -2.83. The molecule has 0 atom stereocenters. The van der Waals surface area contributed by atoms with Gasteiger partial charge in [-0.15, -0.1) is 0 Å². The Balaban J connectivity index is 2.30. The Bertz CT molecular complexity index is 832. The number of nitrogens with two attached hydrogens (primary N) is 2. The van der Waals surface area contributed by atoms with Crippen LogP contribution in [-0.4, -0.2) is 19.9 Å². The molecule has 3 rings (SSSR count). The smallest absolute Gasteiger partial charge is 0.278 e. The number of imidazole rings is 1. The van der Waals surface area contributed by atoms with Crippen LogP contribution in [-0.2, 0) is 0 Å². The van der Waals surface area contributed by atoms with E-state index in [1.54, 1.807) is 0 Å². The van der Waals surface area contributed by atoms with Gasteiger partial charge in [-0.05, 0) is 18.6 Å². The molecule has 0 aliphatic carbocycles. The van der Waals surface area contributed by atoms with Crippen molar-refractivity contribution in [3.05, 3.63) is 34.1 Å². The Labute approximate surface area is 107 Å². The summed E-state index contributed by atoms with van der Waals surface area (Å²) in [6.07, 6.45) is 0. The number of nitrogens with one attached hydrogen (secondary N) is 2. The number of hydrogen-bond donors (Lipinski definition) is 4. The number of nitrogens with zero attached hydrogens (tertiary/aromatic N) is 2. The normalized spacial score (nSPS) is 11.0. The lowest BCUT2D eigenvalue weighted by Gasteiger charge is -2.04. The average Bonchev–Trinajstić information content (AvgIpc) is 2.76. The van der Waals surface area contributed by atoms with Crippen molar-refractivity contribution in [1.82, 2.24) is 19.9 Å². The van der Waals surface area contributed by atoms with E-state index in [9.17, 15) is 4.79 Å². The van der Waals surface area contributed by atoms with Crippen molar-refractivity contribution >= 4 is 22.8 Å². The molecule has 0 fully saturated rings. The van der Waals surface area contributed by atoms with Gasteiger partial charge in [-0.3, -0.25) is 9.78 Å². The van der Waals surface area contributed by atoms with E-state index in [1.807, 2.05) is 25.1 Å². The zero-order chi connectivity index (χ0) is 13.6. The Kier molecular flexibility index (Phi) is 2.28. The molecule has 0 bridgehead atoms. The fourth-order valence-corrected chi connectivity index (χ4v) is 1.96. The number of anilines is 2. The van der Waals surface area contributed by atoms with Gasteiger partial charge >= 0.3 is 0 Å². The average molecular weight is 256 g/mol. The van der Waals surface area contributed by atoms with Gasteiger partial charge in [0.05, 0.1) is 0 Å². The molecule has 3 aromatic rings. The van der Waals surface area contributed by atoms with Crippen molar-refractivity contribution in [1.29, 1.82) is 0 Å². The molecule has 0 saturated heterocycles. The van der Waals surface area contributed by atoms with E-state index in [-0.39, 0.29) is 17.2 Å². The molecule has 0 amide bonds. The third kappa shape index (κ3) is 1.71. The first kappa shape index (κ1) is 11.3. The number of benzene rings is 1. The maximum atomic E-state index is 11.7. The summed E-state index contributed by atoms with van der Waals surface area (Å²) in [7, 11) is 0. The molecule has 0 aliphatic rings. The van der Waals surface area contributed by atoms with E-state index < -0.39 is 0 Å². The Morgan fingerprint density at radius 3 is 2.74 bits per heavy atom. The second-order valence-corrected chi connectivity index (χ2v) is 4.25. The monoisotopic (exact) mass is 256 g/mol. The maximum absolute atomic E-state index is 11.7. The fourth-order valence-electron chi connectivity index (χ4n) is 1.96. The second kappa shape index (κ2) is 3.84. The zero-order valence-corrected chi connectivity index (χ0v) is 10.2. The van der Waals surface area contributed by atoms with E-state index in [0.717, 1.165) is 11.1 Å². The lowest BCUT2D eigenvalue weighted by atomic mass is 10.1. The van der Waals surface area contributed by atoms with E-state index in [2.05, 4.69) is 19.9 Å². The number of H-pyrrole nitrogens is 2. The van der Waals surface area contributed by atoms with Gasteiger partial charge in [0.2, 0.25) is 5.95 Å². The van der Waals surface area contributed by atoms with Crippen LogP contribution in [0, 0.1) is 6.92 Å². The van der Waals surface area contributed by atoms with Gasteiger partial charge in [-0.25, -0.2) is 4.98 Å². The van der Waals surface area contributed by atoms with E-state index in [1.165, 1.54) is 0 Å². The van der Waals surface area contributed by atoms with Crippen LogP contribution >= 0.6 is 0 Å². The number of rotatable bonds is 1. The molecule has 96 valence electrons. The van der Waals surface area contributed by atoms with Crippen LogP contribution in [0.25, 0.3) is 22.6 Å². The highest BCUT2D eigenvalue weighted by Crippen LogP contribution is 2.25. The molecule has 6 N–H and O–H groups in total. The molecule has 19 heavy (non-hydrogen) atoms. The summed E-state index contributed by atoms with van der Waals surface area (Å²) in [5.41, 5.74) is 14.0. The van der Waals surface area contributed by atoms with Gasteiger partial charge < -0.3 is 16.5 Å². The van der Waals surface area contributed by atoms with Crippen LogP contribution in [0.3, 0.4) is 0 Å². The first-order chi connectivity index (χ1) is 9.06. The van der Waals surface area contributed by atoms with Crippen molar-refractivity contribution in [3.8, 4) is 11.4 Å². The number of fused-ring (bicyclic) bond motifs is 1. The van der Waals surface area contributed by atoms with Crippen molar-refractivity contribution in [3.63, 3.8) is 0 Å². The Morgan fingerprint density at radius 2 is 1.95 bits per heavy atom. The van der Waals surface area contributed by atoms with E-state index in [4.69, 9.17) is 11.5 Å². The van der Waals surface area contributed by atoms with Gasteiger partial charge in [0, 0.05) is 11.3 Å². The predicted molar refractivity (Wildman–Crippen MR) is 73.5 cm³/mol.